The predicted molar refractivity (Wildman–Crippen MR) is 145 cm³/mol. The van der Waals surface area contributed by atoms with Crippen molar-refractivity contribution in [3.05, 3.63) is 66.4 Å². The molecule has 0 radical (unpaired) electrons. The van der Waals surface area contributed by atoms with Gasteiger partial charge in [0.2, 0.25) is 16.0 Å². The van der Waals surface area contributed by atoms with Gasteiger partial charge in [-0.05, 0) is 87.7 Å². The van der Waals surface area contributed by atoms with Crippen molar-refractivity contribution in [1.82, 2.24) is 19.2 Å². The number of aromatic nitrogens is 2. The van der Waals surface area contributed by atoms with Crippen LogP contribution in [0.25, 0.3) is 0 Å². The molecule has 39 heavy (non-hydrogen) atoms. The Morgan fingerprint density at radius 1 is 1.00 bits per heavy atom. The van der Waals surface area contributed by atoms with Gasteiger partial charge in [-0.1, -0.05) is 0 Å². The number of rotatable bonds is 8. The van der Waals surface area contributed by atoms with Crippen molar-refractivity contribution in [1.29, 1.82) is 0 Å². The number of sulfonamides is 1. The molecule has 2 fully saturated rings. The highest BCUT2D eigenvalue weighted by molar-refractivity contribution is 7.89. The van der Waals surface area contributed by atoms with Gasteiger partial charge in [-0.2, -0.15) is 9.29 Å². The van der Waals surface area contributed by atoms with Crippen LogP contribution in [0.2, 0.25) is 0 Å². The standard InChI is InChI=1S/C27H32F2N6O3S/c1-19-3-2-14-34(19)18-27(36)12-15-35(16-13-27)39(37,38)23-10-8-22(9-11-23)32-26-30-17-24(29)25(33-26)31-21-6-4-20(28)5-7-21/h4-11,17,19,36H,2-3,12-16,18H2,1H3,(H2,30,31,32,33)/t19-/m1/s1. The summed E-state index contributed by atoms with van der Waals surface area (Å²) in [6.07, 6.45) is 4.05. The molecule has 5 rings (SSSR count). The fourth-order valence-electron chi connectivity index (χ4n) is 5.08. The summed E-state index contributed by atoms with van der Waals surface area (Å²) in [5, 5.41) is 16.8. The van der Waals surface area contributed by atoms with Crippen LogP contribution in [0.1, 0.15) is 32.6 Å². The van der Waals surface area contributed by atoms with Gasteiger partial charge in [0.05, 0.1) is 16.7 Å². The van der Waals surface area contributed by atoms with E-state index in [9.17, 15) is 22.3 Å². The third-order valence-corrected chi connectivity index (χ3v) is 9.35. The second-order valence-corrected chi connectivity index (χ2v) is 12.2. The maximum absolute atomic E-state index is 14.2. The summed E-state index contributed by atoms with van der Waals surface area (Å²) in [6.45, 7) is 4.24. The number of anilines is 4. The molecule has 2 aliphatic heterocycles. The molecule has 2 aliphatic rings. The molecule has 1 atom stereocenters. The summed E-state index contributed by atoms with van der Waals surface area (Å²) in [5.74, 6) is -1.10. The second kappa shape index (κ2) is 11.1. The lowest BCUT2D eigenvalue weighted by Crippen LogP contribution is -2.52. The number of hydrogen-bond donors (Lipinski definition) is 3. The zero-order valence-electron chi connectivity index (χ0n) is 21.6. The first-order chi connectivity index (χ1) is 18.6. The number of nitrogens with one attached hydrogen (secondary N) is 2. The summed E-state index contributed by atoms with van der Waals surface area (Å²) >= 11 is 0. The monoisotopic (exact) mass is 558 g/mol. The van der Waals surface area contributed by atoms with Crippen LogP contribution < -0.4 is 10.6 Å². The Morgan fingerprint density at radius 3 is 2.28 bits per heavy atom. The quantitative estimate of drug-likeness (QED) is 0.377. The van der Waals surface area contributed by atoms with Crippen molar-refractivity contribution in [2.45, 2.75) is 49.1 Å². The maximum Gasteiger partial charge on any atom is 0.243 e. The Kier molecular flexibility index (Phi) is 7.81. The van der Waals surface area contributed by atoms with Crippen LogP contribution in [0.3, 0.4) is 0 Å². The zero-order valence-corrected chi connectivity index (χ0v) is 22.5. The van der Waals surface area contributed by atoms with Gasteiger partial charge in [0, 0.05) is 37.1 Å². The van der Waals surface area contributed by atoms with E-state index in [0.717, 1.165) is 25.6 Å². The lowest BCUT2D eigenvalue weighted by molar-refractivity contribution is -0.0342. The fourth-order valence-corrected chi connectivity index (χ4v) is 6.52. The van der Waals surface area contributed by atoms with E-state index in [1.807, 2.05) is 0 Å². The third-order valence-electron chi connectivity index (χ3n) is 7.44. The normalized spacial score (nSPS) is 20.2. The van der Waals surface area contributed by atoms with Crippen molar-refractivity contribution < 1.29 is 22.3 Å². The molecule has 1 aromatic heterocycles. The molecule has 3 heterocycles. The summed E-state index contributed by atoms with van der Waals surface area (Å²) in [7, 11) is -3.73. The molecule has 2 saturated heterocycles. The van der Waals surface area contributed by atoms with Gasteiger partial charge in [-0.25, -0.2) is 22.2 Å². The lowest BCUT2D eigenvalue weighted by atomic mass is 9.91. The van der Waals surface area contributed by atoms with Crippen LogP contribution in [-0.2, 0) is 10.0 Å². The van der Waals surface area contributed by atoms with E-state index in [0.29, 0.717) is 36.8 Å². The summed E-state index contributed by atoms with van der Waals surface area (Å²) in [5.41, 5.74) is 0.0927. The Balaban J connectivity index is 1.21. The molecular weight excluding hydrogens is 526 g/mol. The van der Waals surface area contributed by atoms with E-state index in [1.165, 1.54) is 40.7 Å². The Bertz CT molecular complexity index is 1400. The number of hydrogen-bond acceptors (Lipinski definition) is 8. The number of β-amino-alcohol motifs (C(OH)–C–C–N with tert-alkyl or cyclic N) is 1. The van der Waals surface area contributed by atoms with Crippen LogP contribution in [0.15, 0.2) is 59.6 Å². The molecule has 0 bridgehead atoms. The molecule has 208 valence electrons. The van der Waals surface area contributed by atoms with E-state index >= 15 is 0 Å². The fraction of sp³-hybridized carbons (Fsp3) is 0.407. The molecule has 9 nitrogen and oxygen atoms in total. The molecule has 0 spiro atoms. The van der Waals surface area contributed by atoms with E-state index in [2.05, 4.69) is 32.4 Å². The number of piperidine rings is 1. The largest absolute Gasteiger partial charge is 0.388 e. The highest BCUT2D eigenvalue weighted by atomic mass is 32.2. The average molecular weight is 559 g/mol. The van der Waals surface area contributed by atoms with Crippen molar-refractivity contribution in [2.24, 2.45) is 0 Å². The molecule has 0 amide bonds. The molecule has 0 saturated carbocycles. The van der Waals surface area contributed by atoms with Crippen molar-refractivity contribution in [2.75, 3.05) is 36.8 Å². The maximum atomic E-state index is 14.2. The molecular formula is C27H32F2N6O3S. The van der Waals surface area contributed by atoms with Crippen LogP contribution in [0, 0.1) is 11.6 Å². The van der Waals surface area contributed by atoms with Crippen molar-refractivity contribution in [3.63, 3.8) is 0 Å². The first kappa shape index (κ1) is 27.4. The SMILES string of the molecule is C[C@@H]1CCCN1CC1(O)CCN(S(=O)(=O)c2ccc(Nc3ncc(F)c(Nc4ccc(F)cc4)n3)cc2)CC1. The first-order valence-corrected chi connectivity index (χ1v) is 14.4. The summed E-state index contributed by atoms with van der Waals surface area (Å²) in [6, 6.07) is 12.0. The number of aliphatic hydroxyl groups is 1. The highest BCUT2D eigenvalue weighted by Gasteiger charge is 2.39. The number of benzene rings is 2. The van der Waals surface area contributed by atoms with Gasteiger partial charge in [-0.3, -0.25) is 4.90 Å². The Labute approximate surface area is 226 Å². The van der Waals surface area contributed by atoms with Crippen LogP contribution >= 0.6 is 0 Å². The number of likely N-dealkylation sites (tertiary alicyclic amines) is 1. The van der Waals surface area contributed by atoms with Gasteiger partial charge in [0.1, 0.15) is 5.82 Å². The van der Waals surface area contributed by atoms with E-state index in [-0.39, 0.29) is 29.8 Å². The summed E-state index contributed by atoms with van der Waals surface area (Å²) < 4.78 is 55.3. The lowest BCUT2D eigenvalue weighted by Gasteiger charge is -2.40. The zero-order chi connectivity index (χ0) is 27.6. The third kappa shape index (κ3) is 6.35. The minimum Gasteiger partial charge on any atom is -0.388 e. The van der Waals surface area contributed by atoms with Crippen molar-refractivity contribution in [3.8, 4) is 0 Å². The minimum absolute atomic E-state index is 0.0949. The van der Waals surface area contributed by atoms with E-state index in [4.69, 9.17) is 0 Å². The van der Waals surface area contributed by atoms with Gasteiger partial charge in [-0.15, -0.1) is 0 Å². The molecule has 3 aromatic rings. The first-order valence-electron chi connectivity index (χ1n) is 13.0. The van der Waals surface area contributed by atoms with Crippen LogP contribution in [0.5, 0.6) is 0 Å². The molecule has 0 unspecified atom stereocenters. The van der Waals surface area contributed by atoms with E-state index < -0.39 is 27.3 Å². The van der Waals surface area contributed by atoms with E-state index in [1.54, 1.807) is 12.1 Å². The highest BCUT2D eigenvalue weighted by Crippen LogP contribution is 2.30. The number of halogens is 2. The minimum atomic E-state index is -3.73. The topological polar surface area (TPSA) is 111 Å². The Morgan fingerprint density at radius 2 is 1.64 bits per heavy atom. The molecule has 12 heteroatoms. The smallest absolute Gasteiger partial charge is 0.243 e. The molecule has 2 aromatic carbocycles. The summed E-state index contributed by atoms with van der Waals surface area (Å²) in [4.78, 5) is 10.5. The molecule has 0 aliphatic carbocycles. The Hall–Kier alpha value is -3.19. The second-order valence-electron chi connectivity index (χ2n) is 10.3. The van der Waals surface area contributed by atoms with Crippen LogP contribution in [0.4, 0.5) is 31.9 Å². The van der Waals surface area contributed by atoms with Crippen LogP contribution in [-0.4, -0.2) is 70.5 Å². The van der Waals surface area contributed by atoms with Gasteiger partial charge < -0.3 is 15.7 Å². The molecule has 3 N–H and O–H groups in total. The number of nitrogens with zero attached hydrogens (tertiary/aromatic N) is 4. The van der Waals surface area contributed by atoms with Crippen molar-refractivity contribution >= 4 is 33.2 Å². The van der Waals surface area contributed by atoms with Gasteiger partial charge in [0.25, 0.3) is 0 Å². The average Bonchev–Trinajstić information content (AvgIpc) is 3.31. The van der Waals surface area contributed by atoms with Gasteiger partial charge >= 0.3 is 0 Å². The van der Waals surface area contributed by atoms with Gasteiger partial charge in [0.15, 0.2) is 11.6 Å². The predicted octanol–water partition coefficient (Wildman–Crippen LogP) is 4.24.